The van der Waals surface area contributed by atoms with Crippen molar-refractivity contribution in [2.75, 3.05) is 51.3 Å². The van der Waals surface area contributed by atoms with Crippen molar-refractivity contribution in [1.82, 2.24) is 24.7 Å². The maximum atomic E-state index is 13.6. The Balaban J connectivity index is 1.00. The first kappa shape index (κ1) is 36.8. The molecule has 1 N–H and O–H groups in total. The van der Waals surface area contributed by atoms with E-state index in [0.717, 1.165) is 61.8 Å². The van der Waals surface area contributed by atoms with E-state index in [-0.39, 0.29) is 17.6 Å². The van der Waals surface area contributed by atoms with Gasteiger partial charge in [-0.2, -0.15) is 0 Å². The van der Waals surface area contributed by atoms with Gasteiger partial charge >= 0.3 is 6.03 Å². The molecule has 274 valence electrons. The van der Waals surface area contributed by atoms with Crippen LogP contribution in [0.1, 0.15) is 49.4 Å². The van der Waals surface area contributed by atoms with E-state index in [0.29, 0.717) is 71.5 Å². The summed E-state index contributed by atoms with van der Waals surface area (Å²) >= 11 is 6.74. The number of aromatic nitrogens is 2. The molecule has 0 saturated carbocycles. The molecule has 6 rings (SSSR count). The Labute approximate surface area is 308 Å². The van der Waals surface area contributed by atoms with E-state index in [4.69, 9.17) is 21.1 Å². The van der Waals surface area contributed by atoms with Gasteiger partial charge < -0.3 is 23.8 Å². The second kappa shape index (κ2) is 16.6. The van der Waals surface area contributed by atoms with E-state index in [1.165, 1.54) is 12.0 Å². The smallest absolute Gasteiger partial charge is 0.328 e. The number of imide groups is 1. The maximum Gasteiger partial charge on any atom is 0.328 e. The third-order valence-electron chi connectivity index (χ3n) is 10.1. The number of ether oxygens (including phenoxy) is 2. The molecule has 0 aliphatic carbocycles. The minimum Gasteiger partial charge on any atom is -0.495 e. The number of likely N-dealkylation sites (tertiary alicyclic amines) is 2. The number of piperidine rings is 2. The van der Waals surface area contributed by atoms with Crippen LogP contribution in [0, 0.1) is 5.92 Å². The highest BCUT2D eigenvalue weighted by atomic mass is 35.5. The zero-order valence-electron chi connectivity index (χ0n) is 29.8. The number of halogens is 1. The summed E-state index contributed by atoms with van der Waals surface area (Å²) in [7, 11) is 3.24. The highest BCUT2D eigenvalue weighted by Crippen LogP contribution is 2.35. The van der Waals surface area contributed by atoms with Crippen molar-refractivity contribution in [2.45, 2.75) is 45.1 Å². The van der Waals surface area contributed by atoms with Crippen molar-refractivity contribution in [1.29, 1.82) is 0 Å². The molecule has 0 spiro atoms. The topological polar surface area (TPSA) is 126 Å². The quantitative estimate of drug-likeness (QED) is 0.194. The van der Waals surface area contributed by atoms with Gasteiger partial charge in [0, 0.05) is 76.0 Å². The predicted octanol–water partition coefficient (Wildman–Crippen LogP) is 5.74. The lowest BCUT2D eigenvalue weighted by atomic mass is 9.94. The van der Waals surface area contributed by atoms with E-state index in [2.05, 4.69) is 15.2 Å². The number of hydrogen-bond donors (Lipinski definition) is 1. The van der Waals surface area contributed by atoms with Crippen LogP contribution in [-0.4, -0.2) is 90.2 Å². The first-order valence-corrected chi connectivity index (χ1v) is 18.2. The normalized spacial score (nSPS) is 15.7. The highest BCUT2D eigenvalue weighted by Gasteiger charge is 2.29. The van der Waals surface area contributed by atoms with Gasteiger partial charge in [0.2, 0.25) is 6.41 Å². The Morgan fingerprint density at radius 3 is 2.46 bits per heavy atom. The molecule has 0 bridgehead atoms. The van der Waals surface area contributed by atoms with E-state index >= 15 is 0 Å². The molecule has 2 aliphatic rings. The number of anilines is 1. The van der Waals surface area contributed by atoms with Gasteiger partial charge in [-0.1, -0.05) is 24.6 Å². The van der Waals surface area contributed by atoms with Gasteiger partial charge in [0.25, 0.3) is 11.5 Å². The van der Waals surface area contributed by atoms with Crippen molar-refractivity contribution < 1.29 is 23.9 Å². The van der Waals surface area contributed by atoms with Crippen LogP contribution in [0.25, 0.3) is 21.9 Å². The molecule has 2 aliphatic heterocycles. The Hall–Kier alpha value is -4.94. The Morgan fingerprint density at radius 2 is 1.77 bits per heavy atom. The van der Waals surface area contributed by atoms with Gasteiger partial charge in [-0.3, -0.25) is 29.6 Å². The summed E-state index contributed by atoms with van der Waals surface area (Å²) in [5.41, 5.74) is 2.64. The molecule has 4 amide bonds. The average Bonchev–Trinajstić information content (AvgIpc) is 3.16. The van der Waals surface area contributed by atoms with Gasteiger partial charge in [0.15, 0.2) is 0 Å². The molecular weight excluding hydrogens is 684 g/mol. The first-order chi connectivity index (χ1) is 25.2. The van der Waals surface area contributed by atoms with Crippen LogP contribution in [0.15, 0.2) is 65.8 Å². The van der Waals surface area contributed by atoms with Crippen molar-refractivity contribution in [2.24, 2.45) is 13.0 Å². The molecule has 13 heteroatoms. The third-order valence-corrected chi connectivity index (χ3v) is 10.4. The van der Waals surface area contributed by atoms with Gasteiger partial charge in [0.1, 0.15) is 17.6 Å². The Bertz CT molecular complexity index is 1990. The molecule has 4 aromatic rings. The minimum absolute atomic E-state index is 0.0654. The fraction of sp³-hybridized carbons (Fsp3) is 0.410. The van der Waals surface area contributed by atoms with Crippen LogP contribution in [0.2, 0.25) is 5.02 Å². The molecular formula is C39H45ClN6O6. The molecule has 52 heavy (non-hydrogen) atoms. The van der Waals surface area contributed by atoms with Crippen molar-refractivity contribution in [3.05, 3.63) is 82.0 Å². The van der Waals surface area contributed by atoms with Crippen LogP contribution in [0.5, 0.6) is 11.5 Å². The zero-order chi connectivity index (χ0) is 36.8. The van der Waals surface area contributed by atoms with Gasteiger partial charge in [-0.05, 0) is 85.4 Å². The summed E-state index contributed by atoms with van der Waals surface area (Å²) in [4.78, 5) is 59.7. The number of amides is 4. The molecule has 4 heterocycles. The summed E-state index contributed by atoms with van der Waals surface area (Å²) in [6.45, 7) is 6.45. The third kappa shape index (κ3) is 8.08. The van der Waals surface area contributed by atoms with Gasteiger partial charge in [-0.25, -0.2) is 4.79 Å². The van der Waals surface area contributed by atoms with Crippen molar-refractivity contribution in [3.8, 4) is 22.6 Å². The largest absolute Gasteiger partial charge is 0.495 e. The van der Waals surface area contributed by atoms with E-state index in [9.17, 15) is 19.2 Å². The number of carbonyl (C=O) groups excluding carboxylic acids is 3. The number of pyridine rings is 2. The molecule has 2 fully saturated rings. The summed E-state index contributed by atoms with van der Waals surface area (Å²) in [6.07, 6.45) is 9.81. The number of methoxy groups -OCH3 is 1. The Kier molecular flexibility index (Phi) is 11.8. The maximum absolute atomic E-state index is 13.6. The molecule has 12 nitrogen and oxygen atoms in total. The second-order valence-electron chi connectivity index (χ2n) is 13.5. The van der Waals surface area contributed by atoms with Gasteiger partial charge in [0.05, 0.1) is 23.2 Å². The molecule has 0 atom stereocenters. The first-order valence-electron chi connectivity index (χ1n) is 17.8. The molecule has 0 unspecified atom stereocenters. The fourth-order valence-corrected chi connectivity index (χ4v) is 7.50. The van der Waals surface area contributed by atoms with Gasteiger partial charge in [-0.15, -0.1) is 0 Å². The van der Waals surface area contributed by atoms with Crippen LogP contribution in [0.4, 0.5) is 10.5 Å². The molecule has 2 saturated heterocycles. The summed E-state index contributed by atoms with van der Waals surface area (Å²) in [5, 5.41) is 4.12. The number of benzene rings is 2. The summed E-state index contributed by atoms with van der Waals surface area (Å²) < 4.78 is 13.4. The predicted molar refractivity (Wildman–Crippen MR) is 201 cm³/mol. The number of fused-ring (bicyclic) bond motifs is 1. The number of nitrogens with one attached hydrogen (secondary N) is 1. The SMILES string of the molecule is CCCN(C(=O)NC=O)c1cc(C(=O)N2CCC(CN3CCC(Oc4ccc(-c5cn(C)c(=O)c6cnccc56)cc4Cl)CC3)CC2)ccc1OC. The lowest BCUT2D eigenvalue weighted by molar-refractivity contribution is -0.108. The monoisotopic (exact) mass is 728 g/mol. The van der Waals surface area contributed by atoms with E-state index in [1.807, 2.05) is 42.3 Å². The fourth-order valence-electron chi connectivity index (χ4n) is 7.28. The molecule has 2 aromatic carbocycles. The Morgan fingerprint density at radius 1 is 1.02 bits per heavy atom. The molecule has 0 radical (unpaired) electrons. The number of rotatable bonds is 11. The van der Waals surface area contributed by atoms with Crippen molar-refractivity contribution in [3.63, 3.8) is 0 Å². The highest BCUT2D eigenvalue weighted by molar-refractivity contribution is 6.32. The van der Waals surface area contributed by atoms with Crippen LogP contribution in [-0.2, 0) is 11.8 Å². The van der Waals surface area contributed by atoms with Crippen LogP contribution >= 0.6 is 11.6 Å². The average molecular weight is 729 g/mol. The summed E-state index contributed by atoms with van der Waals surface area (Å²) in [5.74, 6) is 1.51. The second-order valence-corrected chi connectivity index (χ2v) is 13.9. The number of aryl methyl sites for hydroxylation is 1. The number of hydrogen-bond acceptors (Lipinski definition) is 8. The van der Waals surface area contributed by atoms with E-state index in [1.54, 1.807) is 42.2 Å². The van der Waals surface area contributed by atoms with Crippen molar-refractivity contribution >= 4 is 46.4 Å². The minimum atomic E-state index is -0.569. The standard InChI is InChI=1S/C39H45ClN6O6/c1-4-15-46(39(50)42-25-47)34-21-28(6-8-36(34)51-3)37(48)45-18-10-26(11-19-45)23-44-16-12-29(13-17-44)52-35-7-5-27(20-33(35)40)32-24-43(2)38(49)31-22-41-14-9-30(31)32/h5-9,14,20-22,24-26,29H,4,10-13,15-19,23H2,1-3H3,(H,42,47,50). The number of urea groups is 1. The molecule has 2 aromatic heterocycles. The lowest BCUT2D eigenvalue weighted by Crippen LogP contribution is -2.44. The lowest BCUT2D eigenvalue weighted by Gasteiger charge is -2.37. The van der Waals surface area contributed by atoms with Crippen LogP contribution in [0.3, 0.4) is 0 Å². The summed E-state index contributed by atoms with van der Waals surface area (Å²) in [6, 6.07) is 12.2. The number of carbonyl (C=O) groups is 3. The zero-order valence-corrected chi connectivity index (χ0v) is 30.6. The number of nitrogens with zero attached hydrogens (tertiary/aromatic N) is 5. The van der Waals surface area contributed by atoms with Crippen LogP contribution < -0.4 is 25.2 Å². The van der Waals surface area contributed by atoms with E-state index < -0.39 is 6.03 Å².